The van der Waals surface area contributed by atoms with E-state index in [1.807, 2.05) is 13.0 Å². The predicted octanol–water partition coefficient (Wildman–Crippen LogP) is 0.195. The zero-order valence-corrected chi connectivity index (χ0v) is 6.83. The van der Waals surface area contributed by atoms with E-state index in [9.17, 15) is 9.90 Å². The molecule has 0 heterocycles. The van der Waals surface area contributed by atoms with E-state index in [0.717, 1.165) is 12.0 Å². The highest BCUT2D eigenvalue weighted by Gasteiger charge is 2.00. The van der Waals surface area contributed by atoms with Crippen molar-refractivity contribution in [3.05, 3.63) is 29.3 Å². The predicted molar refractivity (Wildman–Crippen MR) is 44.6 cm³/mol. The second kappa shape index (κ2) is 3.26. The maximum absolute atomic E-state index is 10.5. The number of aryl methyl sites for hydroxylation is 1. The number of carbonyl (C=O) groups excluding carboxylic acids is 1. The summed E-state index contributed by atoms with van der Waals surface area (Å²) in [5.41, 5.74) is 6.71. The normalized spacial score (nSPS) is 9.75. The van der Waals surface area contributed by atoms with Gasteiger partial charge in [-0.15, -0.1) is 0 Å². The summed E-state index contributed by atoms with van der Waals surface area (Å²) in [6, 6.07) is 4.94. The number of nitrogen functional groups attached to an aromatic ring is 1. The van der Waals surface area contributed by atoms with E-state index in [2.05, 4.69) is 0 Å². The van der Waals surface area contributed by atoms with E-state index in [4.69, 9.17) is 5.73 Å². The van der Waals surface area contributed by atoms with Gasteiger partial charge in [0.05, 0.1) is 5.97 Å². The van der Waals surface area contributed by atoms with Gasteiger partial charge in [-0.05, 0) is 24.1 Å². The Morgan fingerprint density at radius 3 is 2.75 bits per heavy atom. The number of carboxylic acid groups (broad SMARTS) is 1. The standard InChI is InChI=1S/C9H11NO2/c1-2-6-3-4-8(10)7(5-6)9(11)12/h3-5H,2,10H2,1H3,(H,11,12)/p-1. The molecule has 3 heteroatoms. The summed E-state index contributed by atoms with van der Waals surface area (Å²) >= 11 is 0. The van der Waals surface area contributed by atoms with Gasteiger partial charge in [0.15, 0.2) is 0 Å². The number of hydrogen-bond donors (Lipinski definition) is 1. The van der Waals surface area contributed by atoms with E-state index in [1.54, 1.807) is 12.1 Å². The van der Waals surface area contributed by atoms with Gasteiger partial charge in [-0.3, -0.25) is 0 Å². The highest BCUT2D eigenvalue weighted by atomic mass is 16.4. The molecule has 12 heavy (non-hydrogen) atoms. The quantitative estimate of drug-likeness (QED) is 0.635. The van der Waals surface area contributed by atoms with E-state index >= 15 is 0 Å². The molecule has 1 aromatic rings. The van der Waals surface area contributed by atoms with Crippen LogP contribution in [0.15, 0.2) is 18.2 Å². The van der Waals surface area contributed by atoms with Crippen molar-refractivity contribution >= 4 is 11.7 Å². The molecule has 0 unspecified atom stereocenters. The fourth-order valence-corrected chi connectivity index (χ4v) is 1.00. The average molecular weight is 164 g/mol. The van der Waals surface area contributed by atoms with Crippen LogP contribution in [0.3, 0.4) is 0 Å². The fourth-order valence-electron chi connectivity index (χ4n) is 1.00. The first-order valence-electron chi connectivity index (χ1n) is 3.75. The summed E-state index contributed by atoms with van der Waals surface area (Å²) in [5, 5.41) is 10.5. The lowest BCUT2D eigenvalue weighted by atomic mass is 10.1. The van der Waals surface area contributed by atoms with Crippen molar-refractivity contribution < 1.29 is 9.90 Å². The topological polar surface area (TPSA) is 66.2 Å². The number of hydrogen-bond acceptors (Lipinski definition) is 3. The third-order valence-corrected chi connectivity index (χ3v) is 1.75. The van der Waals surface area contributed by atoms with Crippen molar-refractivity contribution in [1.29, 1.82) is 0 Å². The Hall–Kier alpha value is -1.51. The van der Waals surface area contributed by atoms with Crippen LogP contribution in [0.2, 0.25) is 0 Å². The highest BCUT2D eigenvalue weighted by molar-refractivity contribution is 5.92. The molecule has 2 N–H and O–H groups in total. The van der Waals surface area contributed by atoms with Crippen molar-refractivity contribution in [2.75, 3.05) is 5.73 Å². The summed E-state index contributed by atoms with van der Waals surface area (Å²) in [5.74, 6) is -1.22. The maximum Gasteiger partial charge on any atom is 0.0736 e. The summed E-state index contributed by atoms with van der Waals surface area (Å²) in [4.78, 5) is 10.5. The third-order valence-electron chi connectivity index (χ3n) is 1.75. The number of rotatable bonds is 2. The van der Waals surface area contributed by atoms with E-state index in [0.29, 0.717) is 0 Å². The SMILES string of the molecule is CCc1ccc(N)c(C(=O)[O-])c1. The van der Waals surface area contributed by atoms with Gasteiger partial charge < -0.3 is 15.6 Å². The summed E-state index contributed by atoms with van der Waals surface area (Å²) in [6.45, 7) is 1.95. The smallest absolute Gasteiger partial charge is 0.0736 e. The molecule has 0 saturated heterocycles. The van der Waals surface area contributed by atoms with E-state index < -0.39 is 5.97 Å². The lowest BCUT2D eigenvalue weighted by Crippen LogP contribution is -2.23. The Kier molecular flexibility index (Phi) is 2.33. The largest absolute Gasteiger partial charge is 0.545 e. The zero-order chi connectivity index (χ0) is 9.14. The van der Waals surface area contributed by atoms with Crippen molar-refractivity contribution in [3.8, 4) is 0 Å². The summed E-state index contributed by atoms with van der Waals surface area (Å²) in [7, 11) is 0. The molecule has 64 valence electrons. The van der Waals surface area contributed by atoms with Gasteiger partial charge in [-0.25, -0.2) is 0 Å². The van der Waals surface area contributed by atoms with Crippen LogP contribution in [-0.4, -0.2) is 5.97 Å². The lowest BCUT2D eigenvalue weighted by Gasteiger charge is -2.07. The molecule has 0 amide bonds. The number of aromatic carboxylic acids is 1. The Morgan fingerprint density at radius 1 is 1.58 bits per heavy atom. The minimum Gasteiger partial charge on any atom is -0.545 e. The monoisotopic (exact) mass is 164 g/mol. The average Bonchev–Trinajstić information content (AvgIpc) is 2.05. The molecule has 0 atom stereocenters. The number of benzene rings is 1. The molecule has 0 aliphatic heterocycles. The van der Waals surface area contributed by atoms with Gasteiger partial charge in [0.1, 0.15) is 0 Å². The second-order valence-electron chi connectivity index (χ2n) is 2.56. The molecule has 3 nitrogen and oxygen atoms in total. The first kappa shape index (κ1) is 8.59. The number of anilines is 1. The van der Waals surface area contributed by atoms with Gasteiger partial charge in [0, 0.05) is 11.3 Å². The molecular weight excluding hydrogens is 154 g/mol. The highest BCUT2D eigenvalue weighted by Crippen LogP contribution is 2.13. The van der Waals surface area contributed by atoms with Crippen LogP contribution in [-0.2, 0) is 6.42 Å². The lowest BCUT2D eigenvalue weighted by molar-refractivity contribution is -0.254. The zero-order valence-electron chi connectivity index (χ0n) is 6.83. The van der Waals surface area contributed by atoms with Crippen LogP contribution >= 0.6 is 0 Å². The molecule has 0 radical (unpaired) electrons. The summed E-state index contributed by atoms with van der Waals surface area (Å²) in [6.07, 6.45) is 0.792. The van der Waals surface area contributed by atoms with Crippen LogP contribution in [0.4, 0.5) is 5.69 Å². The van der Waals surface area contributed by atoms with Crippen molar-refractivity contribution in [2.45, 2.75) is 13.3 Å². The minimum atomic E-state index is -1.22. The van der Waals surface area contributed by atoms with Gasteiger partial charge >= 0.3 is 0 Å². The van der Waals surface area contributed by atoms with Gasteiger partial charge in [0.2, 0.25) is 0 Å². The minimum absolute atomic E-state index is 0.0781. The van der Waals surface area contributed by atoms with Gasteiger partial charge in [-0.1, -0.05) is 13.0 Å². The van der Waals surface area contributed by atoms with E-state index in [-0.39, 0.29) is 11.3 Å². The van der Waals surface area contributed by atoms with Crippen molar-refractivity contribution in [1.82, 2.24) is 0 Å². The molecule has 0 saturated carbocycles. The first-order chi connectivity index (χ1) is 5.65. The van der Waals surface area contributed by atoms with Crippen LogP contribution in [0, 0.1) is 0 Å². The van der Waals surface area contributed by atoms with Crippen molar-refractivity contribution in [2.24, 2.45) is 0 Å². The number of carbonyl (C=O) groups is 1. The van der Waals surface area contributed by atoms with Crippen molar-refractivity contribution in [3.63, 3.8) is 0 Å². The number of nitrogens with two attached hydrogens (primary N) is 1. The van der Waals surface area contributed by atoms with Crippen LogP contribution in [0.1, 0.15) is 22.8 Å². The summed E-state index contributed by atoms with van der Waals surface area (Å²) < 4.78 is 0. The molecule has 0 bridgehead atoms. The van der Waals surface area contributed by atoms with Crippen LogP contribution < -0.4 is 10.8 Å². The Labute approximate surface area is 70.8 Å². The molecule has 0 aliphatic carbocycles. The molecule has 1 rings (SSSR count). The first-order valence-corrected chi connectivity index (χ1v) is 3.75. The molecule has 0 fully saturated rings. The van der Waals surface area contributed by atoms with Crippen LogP contribution in [0.25, 0.3) is 0 Å². The Balaban J connectivity index is 3.17. The van der Waals surface area contributed by atoms with Gasteiger partial charge in [0.25, 0.3) is 0 Å². The molecule has 0 spiro atoms. The Morgan fingerprint density at radius 2 is 2.25 bits per heavy atom. The third kappa shape index (κ3) is 1.56. The maximum atomic E-state index is 10.5. The fraction of sp³-hybridized carbons (Fsp3) is 0.222. The molecular formula is C9H10NO2-. The molecule has 0 aliphatic rings. The van der Waals surface area contributed by atoms with Gasteiger partial charge in [-0.2, -0.15) is 0 Å². The van der Waals surface area contributed by atoms with Crippen LogP contribution in [0.5, 0.6) is 0 Å². The molecule has 1 aromatic carbocycles. The Bertz CT molecular complexity index is 307. The number of carboxylic acids is 1. The van der Waals surface area contributed by atoms with E-state index in [1.165, 1.54) is 0 Å². The molecule has 0 aromatic heterocycles. The second-order valence-corrected chi connectivity index (χ2v) is 2.56.